The fourth-order valence-corrected chi connectivity index (χ4v) is 4.91. The average Bonchev–Trinajstić information content (AvgIpc) is 3.11. The van der Waals surface area contributed by atoms with E-state index in [1.807, 2.05) is 0 Å². The van der Waals surface area contributed by atoms with Crippen LogP contribution in [0, 0.1) is 21.6 Å². The van der Waals surface area contributed by atoms with Crippen molar-refractivity contribution in [2.24, 2.45) is 0 Å². The summed E-state index contributed by atoms with van der Waals surface area (Å²) in [5.41, 5.74) is 1.42. The Morgan fingerprint density at radius 1 is 0.537 bits per heavy atom. The molecule has 2 radical (unpaired) electrons. The van der Waals surface area contributed by atoms with Crippen molar-refractivity contribution >= 4 is 117 Å². The molecule has 0 aliphatic rings. The van der Waals surface area contributed by atoms with Crippen molar-refractivity contribution in [2.75, 3.05) is 30.8 Å². The van der Waals surface area contributed by atoms with Crippen molar-refractivity contribution in [3.8, 4) is 17.2 Å². The van der Waals surface area contributed by atoms with Gasteiger partial charge in [-0.15, -0.1) is 0 Å². The summed E-state index contributed by atoms with van der Waals surface area (Å²) in [6.07, 6.45) is 3.70. The third kappa shape index (κ3) is 20.0. The van der Waals surface area contributed by atoms with Crippen molar-refractivity contribution in [3.63, 3.8) is 0 Å². The van der Waals surface area contributed by atoms with Gasteiger partial charge in [-0.3, -0.25) is 32.3 Å². The van der Waals surface area contributed by atoms with Gasteiger partial charge in [-0.05, 0) is 91.7 Å². The van der Waals surface area contributed by atoms with Gasteiger partial charge >= 0.3 is 23.9 Å². The number of phenols is 1. The molecule has 0 saturated carbocycles. The molecule has 12 N–H and O–H groups in total. The van der Waals surface area contributed by atoms with Gasteiger partial charge in [-0.25, -0.2) is 0 Å². The van der Waals surface area contributed by atoms with Gasteiger partial charge in [0.1, 0.15) is 5.75 Å². The van der Waals surface area contributed by atoms with Crippen molar-refractivity contribution in [2.45, 2.75) is 25.7 Å². The number of aliphatic hydroxyl groups excluding tert-OH is 1. The quantitative estimate of drug-likeness (QED) is 0.0303. The van der Waals surface area contributed by atoms with Gasteiger partial charge in [0.15, 0.2) is 35.3 Å². The van der Waals surface area contributed by atoms with E-state index in [1.54, 1.807) is 78.9 Å². The second-order valence-corrected chi connectivity index (χ2v) is 12.7. The van der Waals surface area contributed by atoms with Crippen LogP contribution in [-0.4, -0.2) is 78.2 Å². The Bertz CT molecular complexity index is 1660. The Kier molecular flexibility index (Phi) is 24.0. The molecule has 0 fully saturated rings. The van der Waals surface area contributed by atoms with Crippen LogP contribution in [0.3, 0.4) is 0 Å². The van der Waals surface area contributed by atoms with E-state index in [1.165, 1.54) is 6.07 Å². The van der Waals surface area contributed by atoms with Gasteiger partial charge in [0.2, 0.25) is 0 Å². The van der Waals surface area contributed by atoms with Crippen molar-refractivity contribution in [3.05, 3.63) is 110 Å². The number of ether oxygens (including phenoxy) is 1. The third-order valence-electron chi connectivity index (χ3n) is 6.47. The Balaban J connectivity index is 0.000000609. The molecule has 0 aliphatic heterocycles. The summed E-state index contributed by atoms with van der Waals surface area (Å²) in [6.45, 7) is 1.25. The van der Waals surface area contributed by atoms with Gasteiger partial charge < -0.3 is 36.2 Å². The van der Waals surface area contributed by atoms with E-state index >= 15 is 0 Å². The molecule has 0 saturated heterocycles. The van der Waals surface area contributed by atoms with E-state index in [4.69, 9.17) is 89.5 Å². The van der Waals surface area contributed by atoms with Crippen molar-refractivity contribution in [1.29, 1.82) is 21.6 Å². The summed E-state index contributed by atoms with van der Waals surface area (Å²) >= 11 is 29.1. The maximum atomic E-state index is 9.62. The van der Waals surface area contributed by atoms with E-state index in [0.29, 0.717) is 55.3 Å². The van der Waals surface area contributed by atoms with Crippen LogP contribution in [0.2, 0.25) is 25.1 Å². The number of benzene rings is 4. The first kappa shape index (κ1) is 48.2. The zero-order chi connectivity index (χ0) is 39.2. The predicted molar refractivity (Wildman–Crippen MR) is 228 cm³/mol. The number of anilines is 2. The van der Waals surface area contributed by atoms with Crippen molar-refractivity contribution in [1.82, 2.24) is 21.3 Å². The average molecular weight is 948 g/mol. The van der Waals surface area contributed by atoms with E-state index in [2.05, 4.69) is 31.9 Å². The van der Waals surface area contributed by atoms with Gasteiger partial charge in [-0.2, -0.15) is 0 Å². The second kappa shape index (κ2) is 26.9. The molecule has 4 aromatic carbocycles. The molecule has 19 heteroatoms. The van der Waals surface area contributed by atoms with E-state index in [-0.39, 0.29) is 59.2 Å². The third-order valence-corrected chi connectivity index (χ3v) is 7.74. The molecule has 54 heavy (non-hydrogen) atoms. The van der Waals surface area contributed by atoms with Gasteiger partial charge in [-0.1, -0.05) is 70.8 Å². The molecule has 0 spiro atoms. The Hall–Kier alpha value is -3.83. The van der Waals surface area contributed by atoms with E-state index < -0.39 is 0 Å². The summed E-state index contributed by atoms with van der Waals surface area (Å²) in [7, 11) is 1.00. The Morgan fingerprint density at radius 2 is 0.926 bits per heavy atom. The molecule has 4 aromatic rings. The number of aromatic hydroxyl groups is 1. The molecule has 0 aromatic heterocycles. The minimum absolute atomic E-state index is 0. The molecule has 0 aliphatic carbocycles. The Morgan fingerprint density at radius 3 is 1.33 bits per heavy atom. The number of halogens is 5. The summed E-state index contributed by atoms with van der Waals surface area (Å²) in [4.78, 5) is 0. The molecule has 13 nitrogen and oxygen atoms in total. The fraction of sp³-hybridized carbons (Fsp3) is 0.200. The molecule has 290 valence electrons. The fourth-order valence-electron chi connectivity index (χ4n) is 4.04. The van der Waals surface area contributed by atoms with Crippen LogP contribution < -0.4 is 36.6 Å². The molecule has 0 atom stereocenters. The number of phenolic OH excluding ortho intramolecular Hbond substituents is 1. The van der Waals surface area contributed by atoms with Crippen LogP contribution >= 0.6 is 58.0 Å². The van der Waals surface area contributed by atoms with E-state index in [0.717, 1.165) is 32.8 Å². The van der Waals surface area contributed by atoms with Crippen LogP contribution in [0.25, 0.3) is 0 Å². The maximum absolute atomic E-state index is 9.62. The number of rotatable bonds is 11. The van der Waals surface area contributed by atoms with E-state index in [9.17, 15) is 5.11 Å². The van der Waals surface area contributed by atoms with Crippen LogP contribution in [0.15, 0.2) is 84.9 Å². The van der Waals surface area contributed by atoms with Gasteiger partial charge in [0, 0.05) is 57.7 Å². The number of unbranched alkanes of at least 4 members (excludes halogenated alkanes) is 3. The van der Waals surface area contributed by atoms with Crippen LogP contribution in [0.4, 0.5) is 11.4 Å². The first-order chi connectivity index (χ1) is 25.4. The molecular formula is C35H43Cl5N10O3Sn. The number of nitrogens with one attached hydrogen (secondary N) is 10. The molecule has 0 amide bonds. The summed E-state index contributed by atoms with van der Waals surface area (Å²) in [5, 5.41) is 67.4. The van der Waals surface area contributed by atoms with Crippen LogP contribution in [-0.2, 0) is 0 Å². The van der Waals surface area contributed by atoms with Gasteiger partial charge in [0.25, 0.3) is 0 Å². The van der Waals surface area contributed by atoms with Gasteiger partial charge in [0.05, 0.1) is 5.02 Å². The molecule has 4 rings (SSSR count). The number of guanidine groups is 4. The molecular weight excluding hydrogens is 904 g/mol. The normalized spacial score (nSPS) is 9.69. The SMILES string of the molecule is CO.N=C(NCCCCCCNC(=N)NC(=N)Nc1ccc(Cl)cc1)NC(=N)Nc1ccc(Cl)cc1.Oc1cc(Cl)ccc1Oc1ccc(Cl)cc1Cl.[SnH2]. The Labute approximate surface area is 356 Å². The van der Waals surface area contributed by atoms with Crippen molar-refractivity contribution < 1.29 is 14.9 Å². The predicted octanol–water partition coefficient (Wildman–Crippen LogP) is 8.01. The first-order valence-corrected chi connectivity index (χ1v) is 17.7. The summed E-state index contributed by atoms with van der Waals surface area (Å²) in [5.74, 6) is 0.747. The molecule has 0 bridgehead atoms. The van der Waals surface area contributed by atoms with Crippen LogP contribution in [0.1, 0.15) is 25.7 Å². The minimum atomic E-state index is -0.0523. The summed E-state index contributed by atoms with van der Waals surface area (Å²) < 4.78 is 5.45. The zero-order valence-electron chi connectivity index (χ0n) is 29.2. The summed E-state index contributed by atoms with van der Waals surface area (Å²) in [6, 6.07) is 23.3. The number of hydrogen-bond donors (Lipinski definition) is 12. The number of hydrogen-bond acceptors (Lipinski definition) is 7. The molecule has 0 heterocycles. The standard InChI is InChI=1S/C22H30Cl2N10.C12H7Cl3O2.CH4O.Sn.2H/c23-15-5-9-17(10-6-15)31-21(27)33-19(25)29-13-3-1-2-4-14-30-20(26)34-22(28)32-18-11-7-16(24)8-12-18;13-7-1-3-11(9(15)5-7)17-12-4-2-8(14)6-10(12)16;1-2;;;/h5-12H,1-4,13-14H2,(H5,25,27,29,31,33)(H5,26,28,30,32,34);1-6,16H;2H,1H3;;;. The zero-order valence-corrected chi connectivity index (χ0v) is 37.0. The van der Waals surface area contributed by atoms with Crippen LogP contribution in [0.5, 0.6) is 17.2 Å². The topological polar surface area (TPSA) is 217 Å². The number of aliphatic hydroxyl groups is 1. The molecule has 0 unspecified atom stereocenters. The second-order valence-electron chi connectivity index (χ2n) is 10.6. The first-order valence-electron chi connectivity index (χ1n) is 15.8. The monoisotopic (exact) mass is 946 g/mol.